The maximum Gasteiger partial charge on any atom is 0.303 e. The van der Waals surface area contributed by atoms with E-state index in [0.717, 1.165) is 5.56 Å². The van der Waals surface area contributed by atoms with Crippen LogP contribution >= 0.6 is 11.6 Å². The van der Waals surface area contributed by atoms with Crippen LogP contribution in [0.15, 0.2) is 30.3 Å². The number of rotatable bonds is 6. The lowest BCUT2D eigenvalue weighted by Crippen LogP contribution is -2.49. The molecule has 0 aromatic heterocycles. The van der Waals surface area contributed by atoms with Crippen molar-refractivity contribution in [3.05, 3.63) is 35.9 Å². The van der Waals surface area contributed by atoms with E-state index in [2.05, 4.69) is 33.9 Å². The normalized spacial score (nSPS) is 24.6. The molecule has 0 bridgehead atoms. The smallest absolute Gasteiger partial charge is 0.303 e. The van der Waals surface area contributed by atoms with Crippen LogP contribution in [-0.4, -0.2) is 61.3 Å². The van der Waals surface area contributed by atoms with Gasteiger partial charge in [0.05, 0.1) is 6.10 Å². The lowest BCUT2D eigenvalue weighted by atomic mass is 10.0. The van der Waals surface area contributed by atoms with Gasteiger partial charge < -0.3 is 18.8 Å². The van der Waals surface area contributed by atoms with Crippen molar-refractivity contribution in [1.82, 2.24) is 4.90 Å². The zero-order valence-corrected chi connectivity index (χ0v) is 23.1. The van der Waals surface area contributed by atoms with E-state index in [0.29, 0.717) is 6.54 Å². The first-order chi connectivity index (χ1) is 15.7. The third kappa shape index (κ3) is 8.10. The standard InChI is InChI=1S/C25H38ClNO6Si/c1-17(28)31-22-13-20(33-34(6,7)25(3,4)5)16-27(15-19-11-9-8-10-12-19)24(30)21(26)14-23(22)32-18(2)29/h8-12,20-23H,13-16H2,1-7H3/t20-,21-,22-,23-/m1/s1. The van der Waals surface area contributed by atoms with Crippen molar-refractivity contribution in [2.24, 2.45) is 0 Å². The van der Waals surface area contributed by atoms with E-state index in [1.807, 2.05) is 30.3 Å². The van der Waals surface area contributed by atoms with E-state index in [4.69, 9.17) is 25.5 Å². The van der Waals surface area contributed by atoms with E-state index in [1.54, 1.807) is 4.90 Å². The number of carbonyl (C=O) groups excluding carboxylic acids is 3. The Hall–Kier alpha value is -1.90. The highest BCUT2D eigenvalue weighted by Gasteiger charge is 2.43. The number of carbonyl (C=O) groups is 3. The van der Waals surface area contributed by atoms with Crippen LogP contribution in [0.5, 0.6) is 0 Å². The molecule has 1 aliphatic heterocycles. The van der Waals surface area contributed by atoms with Crippen molar-refractivity contribution >= 4 is 37.8 Å². The molecule has 1 aromatic rings. The van der Waals surface area contributed by atoms with Crippen LogP contribution in [0.1, 0.15) is 53.0 Å². The fraction of sp³-hybridized carbons (Fsp3) is 0.640. The molecule has 0 N–H and O–H groups in total. The maximum atomic E-state index is 13.4. The van der Waals surface area contributed by atoms with Crippen LogP contribution in [0.3, 0.4) is 0 Å². The predicted molar refractivity (Wildman–Crippen MR) is 134 cm³/mol. The number of halogens is 1. The molecule has 1 amide bonds. The Labute approximate surface area is 209 Å². The minimum absolute atomic E-state index is 0.0377. The Kier molecular flexibility index (Phi) is 9.74. The summed E-state index contributed by atoms with van der Waals surface area (Å²) in [5, 5.41) is -1.02. The van der Waals surface area contributed by atoms with Gasteiger partial charge in [-0.1, -0.05) is 51.1 Å². The summed E-state index contributed by atoms with van der Waals surface area (Å²) in [5.74, 6) is -1.29. The van der Waals surface area contributed by atoms with Crippen LogP contribution in [0.2, 0.25) is 18.1 Å². The Morgan fingerprint density at radius 3 is 2.06 bits per heavy atom. The number of nitrogens with zero attached hydrogens (tertiary/aromatic N) is 1. The summed E-state index contributed by atoms with van der Waals surface area (Å²) in [4.78, 5) is 38.9. The molecule has 0 aliphatic carbocycles. The summed E-state index contributed by atoms with van der Waals surface area (Å²) in [6.07, 6.45) is -1.74. The summed E-state index contributed by atoms with van der Waals surface area (Å²) in [6, 6.07) is 9.67. The average Bonchev–Trinajstić information content (AvgIpc) is 2.73. The highest BCUT2D eigenvalue weighted by Crippen LogP contribution is 2.38. The van der Waals surface area contributed by atoms with E-state index in [1.165, 1.54) is 13.8 Å². The van der Waals surface area contributed by atoms with Crippen molar-refractivity contribution in [3.8, 4) is 0 Å². The first-order valence-electron chi connectivity index (χ1n) is 11.7. The molecule has 1 aliphatic rings. The van der Waals surface area contributed by atoms with Gasteiger partial charge in [-0.25, -0.2) is 0 Å². The van der Waals surface area contributed by atoms with Crippen LogP contribution in [0, 0.1) is 0 Å². The van der Waals surface area contributed by atoms with Gasteiger partial charge in [-0.2, -0.15) is 0 Å². The number of amides is 1. The summed E-state index contributed by atoms with van der Waals surface area (Å²) < 4.78 is 17.8. The van der Waals surface area contributed by atoms with Gasteiger partial charge in [0.25, 0.3) is 0 Å². The summed E-state index contributed by atoms with van der Waals surface area (Å²) in [6.45, 7) is 13.9. The van der Waals surface area contributed by atoms with Gasteiger partial charge in [0.2, 0.25) is 5.91 Å². The van der Waals surface area contributed by atoms with Gasteiger partial charge in [0, 0.05) is 39.8 Å². The van der Waals surface area contributed by atoms with Gasteiger partial charge in [0.1, 0.15) is 17.6 Å². The Balaban J connectivity index is 2.47. The van der Waals surface area contributed by atoms with Crippen LogP contribution in [0.25, 0.3) is 0 Å². The first kappa shape index (κ1) is 28.3. The number of hydrogen-bond acceptors (Lipinski definition) is 6. The second kappa shape index (κ2) is 11.7. The lowest BCUT2D eigenvalue weighted by Gasteiger charge is -2.41. The fourth-order valence-corrected chi connectivity index (χ4v) is 5.45. The highest BCUT2D eigenvalue weighted by atomic mass is 35.5. The summed E-state index contributed by atoms with van der Waals surface area (Å²) in [5.41, 5.74) is 0.970. The zero-order chi connectivity index (χ0) is 25.7. The van der Waals surface area contributed by atoms with Crippen molar-refractivity contribution in [2.75, 3.05) is 6.54 Å². The minimum atomic E-state index is -2.25. The zero-order valence-electron chi connectivity index (χ0n) is 21.3. The molecule has 0 unspecified atom stereocenters. The molecule has 0 saturated carbocycles. The van der Waals surface area contributed by atoms with Crippen molar-refractivity contribution in [3.63, 3.8) is 0 Å². The number of alkyl halides is 1. The van der Waals surface area contributed by atoms with Crippen molar-refractivity contribution in [2.45, 2.75) is 95.8 Å². The molecule has 0 spiro atoms. The Bertz CT molecular complexity index is 857. The minimum Gasteiger partial charge on any atom is -0.459 e. The van der Waals surface area contributed by atoms with Crippen LogP contribution < -0.4 is 0 Å². The van der Waals surface area contributed by atoms with Gasteiger partial charge >= 0.3 is 11.9 Å². The second-order valence-corrected chi connectivity index (χ2v) is 15.7. The third-order valence-electron chi connectivity index (χ3n) is 6.47. The van der Waals surface area contributed by atoms with Crippen LogP contribution in [0.4, 0.5) is 0 Å². The highest BCUT2D eigenvalue weighted by molar-refractivity contribution is 6.74. The largest absolute Gasteiger partial charge is 0.459 e. The van der Waals surface area contributed by atoms with E-state index >= 15 is 0 Å². The predicted octanol–water partition coefficient (Wildman–Crippen LogP) is 4.67. The quantitative estimate of drug-likeness (QED) is 0.313. The van der Waals surface area contributed by atoms with Gasteiger partial charge in [-0.05, 0) is 23.7 Å². The van der Waals surface area contributed by atoms with Crippen molar-refractivity contribution < 1.29 is 28.3 Å². The fourth-order valence-electron chi connectivity index (χ4n) is 3.78. The molecule has 4 atom stereocenters. The number of hydrogen-bond donors (Lipinski definition) is 0. The third-order valence-corrected chi connectivity index (χ3v) is 11.4. The van der Waals surface area contributed by atoms with Gasteiger partial charge in [-0.3, -0.25) is 14.4 Å². The first-order valence-corrected chi connectivity index (χ1v) is 15.0. The Morgan fingerprint density at radius 1 is 1.03 bits per heavy atom. The summed E-state index contributed by atoms with van der Waals surface area (Å²) >= 11 is 6.56. The SMILES string of the molecule is CC(=O)O[C@@H]1C[C@@H](O[Si](C)(C)C(C)(C)C)CN(Cc2ccccc2)C(=O)[C@H](Cl)C[C@H]1OC(C)=O. The molecule has 190 valence electrons. The molecule has 9 heteroatoms. The van der Waals surface area contributed by atoms with Gasteiger partial charge in [0.15, 0.2) is 8.32 Å². The number of esters is 2. The summed E-state index contributed by atoms with van der Waals surface area (Å²) in [7, 11) is -2.25. The number of benzene rings is 1. The maximum absolute atomic E-state index is 13.4. The van der Waals surface area contributed by atoms with Crippen molar-refractivity contribution in [1.29, 1.82) is 0 Å². The monoisotopic (exact) mass is 511 g/mol. The second-order valence-electron chi connectivity index (χ2n) is 10.4. The molecule has 1 saturated heterocycles. The molecule has 1 heterocycles. The molecule has 7 nitrogen and oxygen atoms in total. The number of ether oxygens (including phenoxy) is 2. The molecular formula is C25H38ClNO6Si. The van der Waals surface area contributed by atoms with Gasteiger partial charge in [-0.15, -0.1) is 11.6 Å². The molecular weight excluding hydrogens is 474 g/mol. The van der Waals surface area contributed by atoms with Crippen LogP contribution in [-0.2, 0) is 34.8 Å². The molecule has 1 fully saturated rings. The lowest BCUT2D eigenvalue weighted by molar-refractivity contribution is -0.167. The van der Waals surface area contributed by atoms with E-state index < -0.39 is 43.9 Å². The van der Waals surface area contributed by atoms with E-state index in [9.17, 15) is 14.4 Å². The average molecular weight is 512 g/mol. The Morgan fingerprint density at radius 2 is 1.56 bits per heavy atom. The van der Waals surface area contributed by atoms with E-state index in [-0.39, 0.29) is 30.3 Å². The molecule has 1 aromatic carbocycles. The topological polar surface area (TPSA) is 82.1 Å². The molecule has 2 rings (SSSR count). The molecule has 0 radical (unpaired) electrons. The molecule has 34 heavy (non-hydrogen) atoms.